The number of nitrogens with zero attached hydrogens (tertiary/aromatic N) is 1. The molecule has 1 fully saturated rings. The third kappa shape index (κ3) is 5.09. The summed E-state index contributed by atoms with van der Waals surface area (Å²) in [5.74, 6) is -0.267. The molecular weight excluding hydrogens is 466 g/mol. The molecule has 2 heterocycles. The number of benzene rings is 2. The Hall–Kier alpha value is -2.55. The van der Waals surface area contributed by atoms with Crippen molar-refractivity contribution in [1.29, 1.82) is 0 Å². The highest BCUT2D eigenvalue weighted by molar-refractivity contribution is 7.93. The zero-order valence-corrected chi connectivity index (χ0v) is 20.0. The monoisotopic (exact) mass is 489 g/mol. The Morgan fingerprint density at radius 2 is 1.78 bits per heavy atom. The van der Waals surface area contributed by atoms with Gasteiger partial charge in [-0.05, 0) is 68.7 Å². The van der Waals surface area contributed by atoms with Crippen LogP contribution in [-0.4, -0.2) is 27.4 Å². The van der Waals surface area contributed by atoms with Gasteiger partial charge >= 0.3 is 0 Å². The van der Waals surface area contributed by atoms with E-state index in [0.29, 0.717) is 27.0 Å². The largest absolute Gasteiger partial charge is 0.370 e. The summed E-state index contributed by atoms with van der Waals surface area (Å²) < 4.78 is 29.4. The van der Waals surface area contributed by atoms with Gasteiger partial charge in [0.15, 0.2) is 0 Å². The van der Waals surface area contributed by atoms with Crippen molar-refractivity contribution in [1.82, 2.24) is 0 Å². The molecule has 6 nitrogen and oxygen atoms in total. The fourth-order valence-corrected chi connectivity index (χ4v) is 6.03. The van der Waals surface area contributed by atoms with Crippen molar-refractivity contribution in [3.63, 3.8) is 0 Å². The third-order valence-corrected chi connectivity index (χ3v) is 8.01. The van der Waals surface area contributed by atoms with E-state index in [1.54, 1.807) is 42.5 Å². The van der Waals surface area contributed by atoms with Crippen LogP contribution in [0, 0.1) is 6.92 Å². The van der Waals surface area contributed by atoms with Crippen LogP contribution in [0.15, 0.2) is 59.5 Å². The second-order valence-electron chi connectivity index (χ2n) is 7.68. The van der Waals surface area contributed by atoms with Crippen LogP contribution in [0.1, 0.15) is 33.8 Å². The lowest BCUT2D eigenvalue weighted by atomic mass is 10.1. The van der Waals surface area contributed by atoms with E-state index in [0.717, 1.165) is 37.2 Å². The topological polar surface area (TPSA) is 78.5 Å². The van der Waals surface area contributed by atoms with Crippen molar-refractivity contribution in [2.24, 2.45) is 0 Å². The van der Waals surface area contributed by atoms with Crippen molar-refractivity contribution >= 4 is 55.9 Å². The summed E-state index contributed by atoms with van der Waals surface area (Å²) in [5, 5.41) is 3.14. The van der Waals surface area contributed by atoms with Gasteiger partial charge in [-0.25, -0.2) is 8.42 Å². The molecule has 2 N–H and O–H groups in total. The van der Waals surface area contributed by atoms with E-state index in [9.17, 15) is 13.2 Å². The van der Waals surface area contributed by atoms with E-state index in [2.05, 4.69) is 14.9 Å². The normalized spacial score (nSPS) is 14.2. The van der Waals surface area contributed by atoms with Crippen LogP contribution in [-0.2, 0) is 10.0 Å². The second-order valence-corrected chi connectivity index (χ2v) is 11.0. The first-order chi connectivity index (χ1) is 15.3. The summed E-state index contributed by atoms with van der Waals surface area (Å²) in [6.07, 6.45) is 3.14. The molecule has 1 aromatic heterocycles. The number of anilines is 3. The highest BCUT2D eigenvalue weighted by atomic mass is 35.5. The summed E-state index contributed by atoms with van der Waals surface area (Å²) in [5.41, 5.74) is 1.35. The maximum Gasteiger partial charge on any atom is 0.265 e. The molecule has 2 aromatic carbocycles. The number of aryl methyl sites for hydroxylation is 1. The molecule has 0 spiro atoms. The predicted octanol–water partition coefficient (Wildman–Crippen LogP) is 5.75. The van der Waals surface area contributed by atoms with E-state index in [1.165, 1.54) is 17.4 Å². The molecule has 0 aliphatic carbocycles. The molecule has 9 heteroatoms. The number of sulfonamides is 1. The molecule has 0 atom stereocenters. The van der Waals surface area contributed by atoms with E-state index < -0.39 is 10.0 Å². The molecular formula is C23H24ClN3O3S2. The van der Waals surface area contributed by atoms with Crippen LogP contribution in [0.3, 0.4) is 0 Å². The second kappa shape index (κ2) is 9.52. The zero-order valence-electron chi connectivity index (χ0n) is 17.6. The number of hydrogen-bond acceptors (Lipinski definition) is 5. The summed E-state index contributed by atoms with van der Waals surface area (Å²) in [6, 6.07) is 15.4. The number of halogens is 1. The summed E-state index contributed by atoms with van der Waals surface area (Å²) >= 11 is 7.57. The minimum atomic E-state index is -3.96. The van der Waals surface area contributed by atoms with Gasteiger partial charge < -0.3 is 10.2 Å². The highest BCUT2D eigenvalue weighted by Gasteiger charge is 2.25. The summed E-state index contributed by atoms with van der Waals surface area (Å²) in [7, 11) is -3.96. The lowest BCUT2D eigenvalue weighted by Crippen LogP contribution is -2.31. The van der Waals surface area contributed by atoms with Crippen molar-refractivity contribution < 1.29 is 13.2 Å². The standard InChI is InChI=1S/C23H24ClN3O3S2/c1-16-9-12-21(31-16)23(28)25-17-10-11-20(27-13-5-2-6-14-27)22(15-17)32(29,30)26-19-8-4-3-7-18(19)24/h3-4,7-12,15,26H,2,5-6,13-14H2,1H3,(H,25,28). The van der Waals surface area contributed by atoms with Gasteiger partial charge in [-0.15, -0.1) is 11.3 Å². The van der Waals surface area contributed by atoms with Gasteiger partial charge in [0, 0.05) is 23.7 Å². The third-order valence-electron chi connectivity index (χ3n) is 5.29. The lowest BCUT2D eigenvalue weighted by Gasteiger charge is -2.30. The minimum absolute atomic E-state index is 0.111. The van der Waals surface area contributed by atoms with Gasteiger partial charge in [0.1, 0.15) is 4.90 Å². The Morgan fingerprint density at radius 1 is 1.03 bits per heavy atom. The van der Waals surface area contributed by atoms with Gasteiger partial charge in [0.2, 0.25) is 0 Å². The summed E-state index contributed by atoms with van der Waals surface area (Å²) in [6.45, 7) is 3.50. The first-order valence-electron chi connectivity index (χ1n) is 10.4. The number of hydrogen-bond donors (Lipinski definition) is 2. The Labute approximate surface area is 197 Å². The van der Waals surface area contributed by atoms with Crippen LogP contribution in [0.25, 0.3) is 0 Å². The van der Waals surface area contributed by atoms with E-state index >= 15 is 0 Å². The molecule has 1 saturated heterocycles. The number of rotatable bonds is 6. The number of amides is 1. The molecule has 3 aromatic rings. The quantitative estimate of drug-likeness (QED) is 0.462. The molecule has 0 radical (unpaired) electrons. The Bertz CT molecular complexity index is 1230. The van der Waals surface area contributed by atoms with E-state index in [4.69, 9.17) is 11.6 Å². The fraction of sp³-hybridized carbons (Fsp3) is 0.261. The number of carbonyl (C=O) groups is 1. The number of carbonyl (C=O) groups excluding carboxylic acids is 1. The van der Waals surface area contributed by atoms with Gasteiger partial charge in [0.25, 0.3) is 15.9 Å². The molecule has 0 bridgehead atoms. The van der Waals surface area contributed by atoms with Crippen LogP contribution in [0.4, 0.5) is 17.1 Å². The number of thiophene rings is 1. The molecule has 0 unspecified atom stereocenters. The van der Waals surface area contributed by atoms with Crippen molar-refractivity contribution in [2.75, 3.05) is 28.0 Å². The predicted molar refractivity (Wildman–Crippen MR) is 132 cm³/mol. The highest BCUT2D eigenvalue weighted by Crippen LogP contribution is 2.33. The van der Waals surface area contributed by atoms with Crippen molar-refractivity contribution in [2.45, 2.75) is 31.1 Å². The Morgan fingerprint density at radius 3 is 2.47 bits per heavy atom. The maximum absolute atomic E-state index is 13.4. The zero-order chi connectivity index (χ0) is 22.7. The van der Waals surface area contributed by atoms with E-state index in [1.807, 2.05) is 13.0 Å². The smallest absolute Gasteiger partial charge is 0.265 e. The molecule has 1 aliphatic heterocycles. The molecule has 32 heavy (non-hydrogen) atoms. The first-order valence-corrected chi connectivity index (χ1v) is 13.1. The van der Waals surface area contributed by atoms with Crippen LogP contribution >= 0.6 is 22.9 Å². The molecule has 0 saturated carbocycles. The van der Waals surface area contributed by atoms with E-state index in [-0.39, 0.29) is 10.8 Å². The molecule has 4 rings (SSSR count). The first kappa shape index (κ1) is 22.6. The van der Waals surface area contributed by atoms with Gasteiger partial charge in [-0.3, -0.25) is 9.52 Å². The number of nitrogens with one attached hydrogen (secondary N) is 2. The minimum Gasteiger partial charge on any atom is -0.370 e. The van der Waals surface area contributed by atoms with Gasteiger partial charge in [-0.1, -0.05) is 23.7 Å². The van der Waals surface area contributed by atoms with Gasteiger partial charge in [0.05, 0.1) is 21.3 Å². The average molecular weight is 490 g/mol. The van der Waals surface area contributed by atoms with Crippen LogP contribution < -0.4 is 14.9 Å². The van der Waals surface area contributed by atoms with Gasteiger partial charge in [-0.2, -0.15) is 0 Å². The number of para-hydroxylation sites is 1. The van der Waals surface area contributed by atoms with Crippen molar-refractivity contribution in [3.8, 4) is 0 Å². The summed E-state index contributed by atoms with van der Waals surface area (Å²) in [4.78, 5) is 16.4. The average Bonchev–Trinajstić information content (AvgIpc) is 3.22. The van der Waals surface area contributed by atoms with Crippen LogP contribution in [0.2, 0.25) is 5.02 Å². The maximum atomic E-state index is 13.4. The van der Waals surface area contributed by atoms with Crippen molar-refractivity contribution in [3.05, 3.63) is 69.4 Å². The Kier molecular flexibility index (Phi) is 6.74. The Balaban J connectivity index is 1.70. The lowest BCUT2D eigenvalue weighted by molar-refractivity contribution is 0.103. The molecule has 1 aliphatic rings. The van der Waals surface area contributed by atoms with Crippen LogP contribution in [0.5, 0.6) is 0 Å². The molecule has 168 valence electrons. The fourth-order valence-electron chi connectivity index (χ4n) is 3.70. The molecule has 1 amide bonds. The SMILES string of the molecule is Cc1ccc(C(=O)Nc2ccc(N3CCCCC3)c(S(=O)(=O)Nc3ccccc3Cl)c2)s1. The number of piperidine rings is 1.